The molecule has 0 aliphatic carbocycles. The van der Waals surface area contributed by atoms with Gasteiger partial charge in [-0.1, -0.05) is 36.4 Å². The number of carbonyl (C=O) groups is 1. The Kier molecular flexibility index (Phi) is 5.60. The highest BCUT2D eigenvalue weighted by atomic mass is 32.2. The first kappa shape index (κ1) is 17.6. The SMILES string of the molecule is O=C(Nc1cccc([N+](=O)[O-])c1)c1cccnc1SCc1ccccc1. The number of rotatable bonds is 6. The average Bonchev–Trinajstić information content (AvgIpc) is 2.67. The molecule has 1 amide bonds. The number of amides is 1. The summed E-state index contributed by atoms with van der Waals surface area (Å²) in [5.74, 6) is 0.337. The van der Waals surface area contributed by atoms with Crippen LogP contribution in [0.4, 0.5) is 11.4 Å². The fourth-order valence-electron chi connectivity index (χ4n) is 2.30. The van der Waals surface area contributed by atoms with Gasteiger partial charge in [-0.25, -0.2) is 4.98 Å². The molecule has 1 aromatic heterocycles. The van der Waals surface area contributed by atoms with Gasteiger partial charge in [-0.05, 0) is 23.8 Å². The number of nitrogens with zero attached hydrogens (tertiary/aromatic N) is 2. The summed E-state index contributed by atoms with van der Waals surface area (Å²) in [7, 11) is 0. The Labute approximate surface area is 154 Å². The number of nitro benzene ring substituents is 1. The molecule has 0 saturated heterocycles. The van der Waals surface area contributed by atoms with E-state index in [1.54, 1.807) is 24.4 Å². The number of anilines is 1. The van der Waals surface area contributed by atoms with Crippen molar-refractivity contribution in [1.29, 1.82) is 0 Å². The highest BCUT2D eigenvalue weighted by Gasteiger charge is 2.14. The van der Waals surface area contributed by atoms with Crippen LogP contribution < -0.4 is 5.32 Å². The van der Waals surface area contributed by atoms with Crippen molar-refractivity contribution in [3.63, 3.8) is 0 Å². The molecule has 0 atom stereocenters. The van der Waals surface area contributed by atoms with E-state index in [0.717, 1.165) is 5.56 Å². The molecule has 6 nitrogen and oxygen atoms in total. The van der Waals surface area contributed by atoms with Gasteiger partial charge in [0.2, 0.25) is 0 Å². The summed E-state index contributed by atoms with van der Waals surface area (Å²) in [6.07, 6.45) is 1.64. The van der Waals surface area contributed by atoms with Crippen LogP contribution in [0.3, 0.4) is 0 Å². The third-order valence-corrected chi connectivity index (χ3v) is 4.63. The number of nitro groups is 1. The summed E-state index contributed by atoms with van der Waals surface area (Å²) in [6.45, 7) is 0. The normalized spacial score (nSPS) is 10.3. The van der Waals surface area contributed by atoms with E-state index in [2.05, 4.69) is 10.3 Å². The standard InChI is InChI=1S/C19H15N3O3S/c23-18(21-15-8-4-9-16(12-15)22(24)25)17-10-5-11-20-19(17)26-13-14-6-2-1-3-7-14/h1-12H,13H2,(H,21,23). The Morgan fingerprint density at radius 1 is 1.08 bits per heavy atom. The van der Waals surface area contributed by atoms with Crippen LogP contribution in [0.1, 0.15) is 15.9 Å². The number of non-ortho nitro benzene ring substituents is 1. The monoisotopic (exact) mass is 365 g/mol. The topological polar surface area (TPSA) is 85.1 Å². The molecule has 1 N–H and O–H groups in total. The van der Waals surface area contributed by atoms with E-state index in [1.807, 2.05) is 30.3 Å². The molecular formula is C19H15N3O3S. The van der Waals surface area contributed by atoms with E-state index in [-0.39, 0.29) is 11.6 Å². The minimum atomic E-state index is -0.499. The Balaban J connectivity index is 1.75. The summed E-state index contributed by atoms with van der Waals surface area (Å²) in [4.78, 5) is 27.3. The minimum absolute atomic E-state index is 0.0762. The minimum Gasteiger partial charge on any atom is -0.322 e. The number of carbonyl (C=O) groups excluding carboxylic acids is 1. The fraction of sp³-hybridized carbons (Fsp3) is 0.0526. The summed E-state index contributed by atoms with van der Waals surface area (Å²) in [5.41, 5.74) is 1.85. The average molecular weight is 365 g/mol. The van der Waals surface area contributed by atoms with E-state index < -0.39 is 4.92 Å². The molecule has 0 aliphatic rings. The van der Waals surface area contributed by atoms with Crippen LogP contribution in [0.25, 0.3) is 0 Å². The van der Waals surface area contributed by atoms with Gasteiger partial charge in [0, 0.05) is 29.8 Å². The Hall–Kier alpha value is -3.19. The van der Waals surface area contributed by atoms with Crippen LogP contribution in [0.15, 0.2) is 78.0 Å². The predicted octanol–water partition coefficient (Wildman–Crippen LogP) is 4.53. The second kappa shape index (κ2) is 8.26. The molecule has 2 aromatic carbocycles. The Morgan fingerprint density at radius 3 is 2.65 bits per heavy atom. The third kappa shape index (κ3) is 4.46. The zero-order valence-electron chi connectivity index (χ0n) is 13.7. The first-order valence-corrected chi connectivity index (χ1v) is 8.79. The summed E-state index contributed by atoms with van der Waals surface area (Å²) >= 11 is 1.47. The van der Waals surface area contributed by atoms with Crippen LogP contribution in [0.5, 0.6) is 0 Å². The Bertz CT molecular complexity index is 932. The van der Waals surface area contributed by atoms with Gasteiger partial charge in [-0.15, -0.1) is 11.8 Å². The molecule has 1 heterocycles. The molecule has 3 aromatic rings. The molecule has 0 fully saturated rings. The van der Waals surface area contributed by atoms with E-state index >= 15 is 0 Å². The van der Waals surface area contributed by atoms with Gasteiger partial charge >= 0.3 is 0 Å². The number of pyridine rings is 1. The quantitative estimate of drug-likeness (QED) is 0.394. The van der Waals surface area contributed by atoms with E-state index in [0.29, 0.717) is 22.0 Å². The summed E-state index contributed by atoms with van der Waals surface area (Å²) in [5, 5.41) is 14.2. The maximum absolute atomic E-state index is 12.6. The van der Waals surface area contributed by atoms with E-state index in [9.17, 15) is 14.9 Å². The molecule has 0 saturated carbocycles. The van der Waals surface area contributed by atoms with E-state index in [4.69, 9.17) is 0 Å². The highest BCUT2D eigenvalue weighted by molar-refractivity contribution is 7.98. The second-order valence-corrected chi connectivity index (χ2v) is 6.36. The predicted molar refractivity (Wildman–Crippen MR) is 101 cm³/mol. The van der Waals surface area contributed by atoms with Gasteiger partial charge < -0.3 is 5.32 Å². The van der Waals surface area contributed by atoms with Crippen molar-refractivity contribution >= 4 is 29.0 Å². The van der Waals surface area contributed by atoms with Gasteiger partial charge in [0.05, 0.1) is 10.5 Å². The maximum Gasteiger partial charge on any atom is 0.271 e. The van der Waals surface area contributed by atoms with Gasteiger partial charge in [-0.3, -0.25) is 14.9 Å². The summed E-state index contributed by atoms with van der Waals surface area (Å²) in [6, 6.07) is 19.1. The smallest absolute Gasteiger partial charge is 0.271 e. The molecule has 3 rings (SSSR count). The third-order valence-electron chi connectivity index (χ3n) is 3.55. The lowest BCUT2D eigenvalue weighted by atomic mass is 10.2. The molecule has 0 aliphatic heterocycles. The first-order valence-electron chi connectivity index (χ1n) is 7.81. The molecule has 130 valence electrons. The molecule has 0 unspecified atom stereocenters. The number of benzene rings is 2. The van der Waals surface area contributed by atoms with Crippen molar-refractivity contribution < 1.29 is 9.72 Å². The molecular weight excluding hydrogens is 350 g/mol. The molecule has 0 spiro atoms. The molecule has 0 bridgehead atoms. The van der Waals surface area contributed by atoms with Crippen LogP contribution in [0, 0.1) is 10.1 Å². The van der Waals surface area contributed by atoms with Gasteiger partial charge in [0.25, 0.3) is 11.6 Å². The van der Waals surface area contributed by atoms with Gasteiger partial charge in [-0.2, -0.15) is 0 Å². The van der Waals surface area contributed by atoms with Gasteiger partial charge in [0.15, 0.2) is 0 Å². The van der Waals surface area contributed by atoms with Crippen molar-refractivity contribution in [3.8, 4) is 0 Å². The lowest BCUT2D eigenvalue weighted by Crippen LogP contribution is -2.13. The number of aromatic nitrogens is 1. The van der Waals surface area contributed by atoms with Crippen LogP contribution in [-0.4, -0.2) is 15.8 Å². The zero-order chi connectivity index (χ0) is 18.4. The number of thioether (sulfide) groups is 1. The lowest BCUT2D eigenvalue weighted by Gasteiger charge is -2.09. The van der Waals surface area contributed by atoms with Crippen molar-refractivity contribution in [2.75, 3.05) is 5.32 Å². The first-order chi connectivity index (χ1) is 12.6. The van der Waals surface area contributed by atoms with E-state index in [1.165, 1.54) is 30.0 Å². The molecule has 7 heteroatoms. The number of nitrogens with one attached hydrogen (secondary N) is 1. The van der Waals surface area contributed by atoms with Crippen molar-refractivity contribution in [1.82, 2.24) is 4.98 Å². The highest BCUT2D eigenvalue weighted by Crippen LogP contribution is 2.25. The lowest BCUT2D eigenvalue weighted by molar-refractivity contribution is -0.384. The molecule has 0 radical (unpaired) electrons. The van der Waals surface area contributed by atoms with Crippen LogP contribution in [-0.2, 0) is 5.75 Å². The van der Waals surface area contributed by atoms with Crippen molar-refractivity contribution in [3.05, 3.63) is 94.2 Å². The number of hydrogen-bond donors (Lipinski definition) is 1. The van der Waals surface area contributed by atoms with Crippen molar-refractivity contribution in [2.24, 2.45) is 0 Å². The zero-order valence-corrected chi connectivity index (χ0v) is 14.5. The van der Waals surface area contributed by atoms with Crippen LogP contribution in [0.2, 0.25) is 0 Å². The van der Waals surface area contributed by atoms with Gasteiger partial charge in [0.1, 0.15) is 5.03 Å². The Morgan fingerprint density at radius 2 is 1.88 bits per heavy atom. The maximum atomic E-state index is 12.6. The molecule has 26 heavy (non-hydrogen) atoms. The van der Waals surface area contributed by atoms with Crippen LogP contribution >= 0.6 is 11.8 Å². The second-order valence-electron chi connectivity index (χ2n) is 5.39. The largest absolute Gasteiger partial charge is 0.322 e. The summed E-state index contributed by atoms with van der Waals surface area (Å²) < 4.78 is 0. The van der Waals surface area contributed by atoms with Crippen molar-refractivity contribution in [2.45, 2.75) is 10.8 Å². The number of hydrogen-bond acceptors (Lipinski definition) is 5. The fourth-order valence-corrected chi connectivity index (χ4v) is 3.25.